The Balaban J connectivity index is 2.37. The second kappa shape index (κ2) is 4.28. The molecule has 7 nitrogen and oxygen atoms in total. The summed E-state index contributed by atoms with van der Waals surface area (Å²) in [5, 5.41) is 13.9. The SMILES string of the molecule is CC(C)(C)Cc1c(F)nnn1C(=O)n1ccnn1. The largest absolute Gasteiger partial charge is 0.372 e. The maximum atomic E-state index is 13.6. The Kier molecular flexibility index (Phi) is 2.93. The van der Waals surface area contributed by atoms with Gasteiger partial charge in [0, 0.05) is 0 Å². The van der Waals surface area contributed by atoms with Crippen LogP contribution in [-0.2, 0) is 6.42 Å². The van der Waals surface area contributed by atoms with Crippen LogP contribution in [-0.4, -0.2) is 36.0 Å². The van der Waals surface area contributed by atoms with E-state index in [-0.39, 0.29) is 11.1 Å². The van der Waals surface area contributed by atoms with Crippen molar-refractivity contribution in [2.75, 3.05) is 0 Å². The molecule has 0 aromatic carbocycles. The van der Waals surface area contributed by atoms with E-state index in [1.165, 1.54) is 12.4 Å². The van der Waals surface area contributed by atoms with E-state index in [9.17, 15) is 9.18 Å². The first-order valence-electron chi connectivity index (χ1n) is 5.39. The van der Waals surface area contributed by atoms with Crippen LogP contribution in [0.2, 0.25) is 0 Å². The minimum Gasteiger partial charge on any atom is -0.243 e. The number of rotatable bonds is 1. The lowest BCUT2D eigenvalue weighted by Crippen LogP contribution is -2.25. The molecule has 0 bridgehead atoms. The molecule has 8 heteroatoms. The molecule has 0 atom stereocenters. The molecule has 2 heterocycles. The van der Waals surface area contributed by atoms with Gasteiger partial charge in [-0.1, -0.05) is 36.3 Å². The molecule has 96 valence electrons. The van der Waals surface area contributed by atoms with Crippen LogP contribution in [0.25, 0.3) is 0 Å². The smallest absolute Gasteiger partial charge is 0.243 e. The summed E-state index contributed by atoms with van der Waals surface area (Å²) in [5.74, 6) is -0.738. The molecule has 0 radical (unpaired) electrons. The van der Waals surface area contributed by atoms with Gasteiger partial charge in [-0.3, -0.25) is 0 Å². The molecular weight excluding hydrogens is 239 g/mol. The fourth-order valence-corrected chi connectivity index (χ4v) is 1.49. The summed E-state index contributed by atoms with van der Waals surface area (Å²) >= 11 is 0. The molecule has 0 aliphatic heterocycles. The summed E-state index contributed by atoms with van der Waals surface area (Å²) in [6, 6.07) is -0.608. The maximum Gasteiger partial charge on any atom is 0.372 e. The summed E-state index contributed by atoms with van der Waals surface area (Å²) in [4.78, 5) is 12.0. The molecule has 0 aliphatic carbocycles. The van der Waals surface area contributed by atoms with Gasteiger partial charge in [0.2, 0.25) is 0 Å². The second-order valence-electron chi connectivity index (χ2n) is 5.11. The lowest BCUT2D eigenvalue weighted by Gasteiger charge is -2.17. The van der Waals surface area contributed by atoms with Crippen LogP contribution in [0.1, 0.15) is 26.5 Å². The van der Waals surface area contributed by atoms with Crippen molar-refractivity contribution in [3.8, 4) is 0 Å². The number of aromatic nitrogens is 6. The summed E-state index contributed by atoms with van der Waals surface area (Å²) in [5.41, 5.74) is -0.0499. The van der Waals surface area contributed by atoms with Crippen LogP contribution >= 0.6 is 0 Å². The minimum atomic E-state index is -0.738. The first-order chi connectivity index (χ1) is 8.38. The monoisotopic (exact) mass is 252 g/mol. The van der Waals surface area contributed by atoms with Crippen molar-refractivity contribution < 1.29 is 9.18 Å². The van der Waals surface area contributed by atoms with Crippen LogP contribution < -0.4 is 0 Å². The zero-order chi connectivity index (χ0) is 13.3. The Hall–Kier alpha value is -2.12. The fourth-order valence-electron chi connectivity index (χ4n) is 1.49. The molecular formula is C10H13FN6O. The molecule has 0 aliphatic rings. The molecule has 0 fully saturated rings. The quantitative estimate of drug-likeness (QED) is 0.759. The molecule has 0 saturated heterocycles. The number of hydrogen-bond donors (Lipinski definition) is 0. The highest BCUT2D eigenvalue weighted by Crippen LogP contribution is 2.21. The van der Waals surface area contributed by atoms with Crippen LogP contribution in [0.5, 0.6) is 0 Å². The Labute approximate surface area is 103 Å². The predicted molar refractivity (Wildman–Crippen MR) is 59.4 cm³/mol. The van der Waals surface area contributed by atoms with Crippen molar-refractivity contribution in [3.63, 3.8) is 0 Å². The first kappa shape index (κ1) is 12.3. The lowest BCUT2D eigenvalue weighted by molar-refractivity contribution is 0.235. The highest BCUT2D eigenvalue weighted by molar-refractivity contribution is 5.77. The number of nitrogens with zero attached hydrogens (tertiary/aromatic N) is 6. The third-order valence-electron chi connectivity index (χ3n) is 2.21. The van der Waals surface area contributed by atoms with E-state index >= 15 is 0 Å². The van der Waals surface area contributed by atoms with Crippen molar-refractivity contribution in [2.24, 2.45) is 5.41 Å². The normalized spacial score (nSPS) is 11.8. The summed E-state index contributed by atoms with van der Waals surface area (Å²) in [6.07, 6.45) is 3.06. The van der Waals surface area contributed by atoms with Gasteiger partial charge in [-0.05, 0) is 11.8 Å². The Morgan fingerprint density at radius 2 is 2.11 bits per heavy atom. The van der Waals surface area contributed by atoms with E-state index in [0.29, 0.717) is 6.42 Å². The highest BCUT2D eigenvalue weighted by Gasteiger charge is 2.24. The van der Waals surface area contributed by atoms with Gasteiger partial charge in [0.15, 0.2) is 0 Å². The minimum absolute atomic E-state index is 0.142. The van der Waals surface area contributed by atoms with E-state index < -0.39 is 12.0 Å². The van der Waals surface area contributed by atoms with Crippen LogP contribution in [0, 0.1) is 11.4 Å². The Bertz CT molecular complexity index is 553. The van der Waals surface area contributed by atoms with E-state index in [2.05, 4.69) is 20.6 Å². The van der Waals surface area contributed by atoms with Gasteiger partial charge in [-0.25, -0.2) is 4.79 Å². The maximum absolute atomic E-state index is 13.6. The van der Waals surface area contributed by atoms with Gasteiger partial charge in [0.1, 0.15) is 5.69 Å². The average Bonchev–Trinajstić information content (AvgIpc) is 2.87. The Morgan fingerprint density at radius 3 is 2.67 bits per heavy atom. The van der Waals surface area contributed by atoms with Crippen LogP contribution in [0.4, 0.5) is 9.18 Å². The standard InChI is InChI=1S/C10H13FN6O/c1-10(2,3)6-7-8(11)13-15-17(7)9(18)16-5-4-12-14-16/h4-5H,6H2,1-3H3. The van der Waals surface area contributed by atoms with Crippen molar-refractivity contribution in [3.05, 3.63) is 24.0 Å². The fraction of sp³-hybridized carbons (Fsp3) is 0.500. The van der Waals surface area contributed by atoms with Gasteiger partial charge < -0.3 is 0 Å². The number of carbonyl (C=O) groups is 1. The number of hydrogen-bond acceptors (Lipinski definition) is 5. The second-order valence-corrected chi connectivity index (χ2v) is 5.11. The molecule has 0 amide bonds. The topological polar surface area (TPSA) is 78.5 Å². The molecule has 0 N–H and O–H groups in total. The summed E-state index contributed by atoms with van der Waals surface area (Å²) in [7, 11) is 0. The van der Waals surface area contributed by atoms with Gasteiger partial charge >= 0.3 is 6.03 Å². The third-order valence-corrected chi connectivity index (χ3v) is 2.21. The van der Waals surface area contributed by atoms with Crippen LogP contribution in [0.15, 0.2) is 12.4 Å². The molecule has 2 aromatic heterocycles. The zero-order valence-electron chi connectivity index (χ0n) is 10.3. The van der Waals surface area contributed by atoms with Crippen molar-refractivity contribution in [1.29, 1.82) is 0 Å². The molecule has 0 spiro atoms. The number of halogens is 1. The molecule has 2 rings (SSSR count). The molecule has 18 heavy (non-hydrogen) atoms. The average molecular weight is 252 g/mol. The van der Waals surface area contributed by atoms with Crippen molar-refractivity contribution in [2.45, 2.75) is 27.2 Å². The van der Waals surface area contributed by atoms with Crippen LogP contribution in [0.3, 0.4) is 0 Å². The Morgan fingerprint density at radius 1 is 1.39 bits per heavy atom. The van der Waals surface area contributed by atoms with Gasteiger partial charge in [0.05, 0.1) is 12.4 Å². The van der Waals surface area contributed by atoms with Crippen molar-refractivity contribution >= 4 is 6.03 Å². The zero-order valence-corrected chi connectivity index (χ0v) is 10.3. The predicted octanol–water partition coefficient (Wildman–Crippen LogP) is 1.11. The molecule has 2 aromatic rings. The summed E-state index contributed by atoms with van der Waals surface area (Å²) in [6.45, 7) is 5.80. The highest BCUT2D eigenvalue weighted by atomic mass is 19.1. The third kappa shape index (κ3) is 2.41. The number of carbonyl (C=O) groups excluding carboxylic acids is 1. The van der Waals surface area contributed by atoms with Gasteiger partial charge in [-0.2, -0.15) is 13.8 Å². The van der Waals surface area contributed by atoms with Gasteiger partial charge in [-0.15, -0.1) is 5.10 Å². The van der Waals surface area contributed by atoms with E-state index in [1.807, 2.05) is 20.8 Å². The van der Waals surface area contributed by atoms with Gasteiger partial charge in [0.25, 0.3) is 5.95 Å². The van der Waals surface area contributed by atoms with E-state index in [0.717, 1.165) is 9.36 Å². The molecule has 0 saturated carbocycles. The van der Waals surface area contributed by atoms with E-state index in [1.54, 1.807) is 0 Å². The van der Waals surface area contributed by atoms with Crippen molar-refractivity contribution in [1.82, 2.24) is 30.0 Å². The van der Waals surface area contributed by atoms with E-state index in [4.69, 9.17) is 0 Å². The summed E-state index contributed by atoms with van der Waals surface area (Å²) < 4.78 is 15.4. The molecule has 0 unspecified atom stereocenters. The lowest BCUT2D eigenvalue weighted by atomic mass is 9.91. The first-order valence-corrected chi connectivity index (χ1v) is 5.39.